The van der Waals surface area contributed by atoms with Crippen molar-refractivity contribution in [2.75, 3.05) is 0 Å². The van der Waals surface area contributed by atoms with Crippen molar-refractivity contribution in [3.05, 3.63) is 206 Å². The molecule has 0 unspecified atom stereocenters. The highest BCUT2D eigenvalue weighted by Gasteiger charge is 2.23. The highest BCUT2D eigenvalue weighted by Crippen LogP contribution is 2.43. The standard InChI is InChI=1S/C56H42N4/c1-56(2,3)40-31-33-54-46(35-40)44-25-13-17-29-52(44)60(54)53-32-30-39(48-36-47(37-18-6-4-7-19-37)57-55(58-48)38-20-8-5-9-21-38)34-45(53)43-24-12-16-28-51(43)59-49-26-14-10-22-41(49)42-23-11-15-27-50(42)59/h4-36H,1-3H3. The molecule has 0 radical (unpaired) electrons. The van der Waals surface area contributed by atoms with Crippen molar-refractivity contribution in [2.24, 2.45) is 0 Å². The van der Waals surface area contributed by atoms with E-state index in [0.717, 1.165) is 50.6 Å². The molecule has 0 aliphatic rings. The van der Waals surface area contributed by atoms with Crippen LogP contribution in [-0.2, 0) is 5.41 Å². The molecule has 0 saturated carbocycles. The molecule has 8 aromatic carbocycles. The van der Waals surface area contributed by atoms with Gasteiger partial charge in [-0.15, -0.1) is 0 Å². The first-order valence-corrected chi connectivity index (χ1v) is 20.7. The van der Waals surface area contributed by atoms with Gasteiger partial charge in [0.15, 0.2) is 5.82 Å². The van der Waals surface area contributed by atoms with Gasteiger partial charge < -0.3 is 9.13 Å². The minimum absolute atomic E-state index is 0.0141. The van der Waals surface area contributed by atoms with Gasteiger partial charge in [-0.25, -0.2) is 9.97 Å². The van der Waals surface area contributed by atoms with Gasteiger partial charge in [0.2, 0.25) is 0 Å². The molecule has 286 valence electrons. The van der Waals surface area contributed by atoms with E-state index in [1.165, 1.54) is 49.2 Å². The molecule has 0 atom stereocenters. The maximum atomic E-state index is 5.29. The Morgan fingerprint density at radius 2 is 0.833 bits per heavy atom. The Morgan fingerprint density at radius 1 is 0.350 bits per heavy atom. The summed E-state index contributed by atoms with van der Waals surface area (Å²) in [4.78, 5) is 10.4. The van der Waals surface area contributed by atoms with Crippen LogP contribution in [0.5, 0.6) is 0 Å². The molecule has 0 spiro atoms. The maximum absolute atomic E-state index is 5.29. The third-order valence-corrected chi connectivity index (χ3v) is 11.9. The molecule has 11 rings (SSSR count). The first-order valence-electron chi connectivity index (χ1n) is 20.7. The lowest BCUT2D eigenvalue weighted by molar-refractivity contribution is 0.591. The molecule has 0 aliphatic carbocycles. The maximum Gasteiger partial charge on any atom is 0.160 e. The van der Waals surface area contributed by atoms with Gasteiger partial charge in [0.05, 0.1) is 44.8 Å². The zero-order valence-electron chi connectivity index (χ0n) is 33.8. The van der Waals surface area contributed by atoms with Gasteiger partial charge in [0.25, 0.3) is 0 Å². The molecule has 3 aromatic heterocycles. The topological polar surface area (TPSA) is 35.6 Å². The van der Waals surface area contributed by atoms with E-state index in [1.54, 1.807) is 0 Å². The van der Waals surface area contributed by atoms with Gasteiger partial charge in [-0.2, -0.15) is 0 Å². The summed E-state index contributed by atoms with van der Waals surface area (Å²) in [6, 6.07) is 71.9. The lowest BCUT2D eigenvalue weighted by atomic mass is 9.86. The van der Waals surface area contributed by atoms with E-state index in [2.05, 4.69) is 206 Å². The smallest absolute Gasteiger partial charge is 0.160 e. The molecule has 0 aliphatic heterocycles. The van der Waals surface area contributed by atoms with Gasteiger partial charge >= 0.3 is 0 Å². The van der Waals surface area contributed by atoms with E-state index >= 15 is 0 Å². The Bertz CT molecular complexity index is 3290. The second-order valence-electron chi connectivity index (χ2n) is 16.6. The van der Waals surface area contributed by atoms with Crippen LogP contribution >= 0.6 is 0 Å². The first kappa shape index (κ1) is 35.6. The minimum Gasteiger partial charge on any atom is -0.309 e. The van der Waals surface area contributed by atoms with E-state index in [0.29, 0.717) is 5.82 Å². The molecule has 11 aromatic rings. The summed E-state index contributed by atoms with van der Waals surface area (Å²) >= 11 is 0. The fraction of sp³-hybridized carbons (Fsp3) is 0.0714. The van der Waals surface area contributed by atoms with E-state index in [4.69, 9.17) is 9.97 Å². The molecule has 4 heteroatoms. The Balaban J connectivity index is 1.22. The monoisotopic (exact) mass is 770 g/mol. The molecule has 3 heterocycles. The van der Waals surface area contributed by atoms with Crippen LogP contribution in [0.15, 0.2) is 200 Å². The molecular formula is C56H42N4. The highest BCUT2D eigenvalue weighted by atomic mass is 15.0. The molecule has 60 heavy (non-hydrogen) atoms. The van der Waals surface area contributed by atoms with Crippen LogP contribution in [0.25, 0.3) is 100 Å². The van der Waals surface area contributed by atoms with Gasteiger partial charge in [-0.1, -0.05) is 166 Å². The van der Waals surface area contributed by atoms with E-state index in [-0.39, 0.29) is 5.41 Å². The van der Waals surface area contributed by atoms with Crippen LogP contribution < -0.4 is 0 Å². The van der Waals surface area contributed by atoms with Crippen LogP contribution in [0.4, 0.5) is 0 Å². The molecule has 4 nitrogen and oxygen atoms in total. The van der Waals surface area contributed by atoms with E-state index < -0.39 is 0 Å². The summed E-state index contributed by atoms with van der Waals surface area (Å²) in [6.07, 6.45) is 0. The lowest BCUT2D eigenvalue weighted by Gasteiger charge is -2.21. The number of hydrogen-bond donors (Lipinski definition) is 0. The average Bonchev–Trinajstić information content (AvgIpc) is 3.81. The molecule has 0 N–H and O–H groups in total. The van der Waals surface area contributed by atoms with Crippen molar-refractivity contribution in [1.82, 2.24) is 19.1 Å². The Hall–Kier alpha value is -7.56. The quantitative estimate of drug-likeness (QED) is 0.169. The summed E-state index contributed by atoms with van der Waals surface area (Å²) in [5.74, 6) is 0.695. The van der Waals surface area contributed by atoms with Gasteiger partial charge in [0.1, 0.15) is 0 Å². The summed E-state index contributed by atoms with van der Waals surface area (Å²) in [5.41, 5.74) is 15.2. The second kappa shape index (κ2) is 14.1. The molecule has 0 saturated heterocycles. The zero-order valence-corrected chi connectivity index (χ0v) is 33.8. The zero-order chi connectivity index (χ0) is 40.4. The predicted molar refractivity (Wildman–Crippen MR) is 251 cm³/mol. The average molecular weight is 771 g/mol. The van der Waals surface area contributed by atoms with Gasteiger partial charge in [-0.3, -0.25) is 0 Å². The van der Waals surface area contributed by atoms with Gasteiger partial charge in [0, 0.05) is 49.4 Å². The molecule has 0 fully saturated rings. The molecule has 0 amide bonds. The van der Waals surface area contributed by atoms with E-state index in [9.17, 15) is 0 Å². The van der Waals surface area contributed by atoms with Crippen molar-refractivity contribution < 1.29 is 0 Å². The fourth-order valence-corrected chi connectivity index (χ4v) is 8.95. The molecule has 0 bridgehead atoms. The normalized spacial score (nSPS) is 11.9. The largest absolute Gasteiger partial charge is 0.309 e. The van der Waals surface area contributed by atoms with Crippen molar-refractivity contribution in [2.45, 2.75) is 26.2 Å². The van der Waals surface area contributed by atoms with Crippen LogP contribution in [0.3, 0.4) is 0 Å². The van der Waals surface area contributed by atoms with Crippen LogP contribution in [0.2, 0.25) is 0 Å². The lowest BCUT2D eigenvalue weighted by Crippen LogP contribution is -2.10. The molecular weight excluding hydrogens is 729 g/mol. The third-order valence-electron chi connectivity index (χ3n) is 11.9. The van der Waals surface area contributed by atoms with Crippen molar-refractivity contribution >= 4 is 43.6 Å². The number of nitrogens with zero attached hydrogens (tertiary/aromatic N) is 4. The van der Waals surface area contributed by atoms with E-state index in [1.807, 2.05) is 24.3 Å². The Kier molecular flexibility index (Phi) is 8.35. The minimum atomic E-state index is 0.0141. The number of fused-ring (bicyclic) bond motifs is 6. The van der Waals surface area contributed by atoms with Crippen molar-refractivity contribution in [3.63, 3.8) is 0 Å². The summed E-state index contributed by atoms with van der Waals surface area (Å²) in [5, 5.41) is 4.95. The predicted octanol–water partition coefficient (Wildman–Crippen LogP) is 14.6. The Labute approximate surface area is 349 Å². The van der Waals surface area contributed by atoms with Gasteiger partial charge in [-0.05, 0) is 65.6 Å². The first-order chi connectivity index (χ1) is 29.4. The van der Waals surface area contributed by atoms with Crippen LogP contribution in [0, 0.1) is 0 Å². The Morgan fingerprint density at radius 3 is 1.45 bits per heavy atom. The number of benzene rings is 8. The summed E-state index contributed by atoms with van der Waals surface area (Å²) in [6.45, 7) is 6.86. The SMILES string of the molecule is CC(C)(C)c1ccc2c(c1)c1ccccc1n2-c1ccc(-c2cc(-c3ccccc3)nc(-c3ccccc3)n2)cc1-c1ccccc1-n1c2ccccc2c2ccccc21. The summed E-state index contributed by atoms with van der Waals surface area (Å²) < 4.78 is 4.90. The summed E-state index contributed by atoms with van der Waals surface area (Å²) in [7, 11) is 0. The number of para-hydroxylation sites is 4. The number of aromatic nitrogens is 4. The van der Waals surface area contributed by atoms with Crippen LogP contribution in [0.1, 0.15) is 26.3 Å². The fourth-order valence-electron chi connectivity index (χ4n) is 8.95. The third kappa shape index (κ3) is 5.91. The number of rotatable bonds is 6. The second-order valence-corrected chi connectivity index (χ2v) is 16.6. The highest BCUT2D eigenvalue weighted by molar-refractivity contribution is 6.11. The van der Waals surface area contributed by atoms with Crippen LogP contribution in [-0.4, -0.2) is 19.1 Å². The number of hydrogen-bond acceptors (Lipinski definition) is 2. The van der Waals surface area contributed by atoms with Crippen molar-refractivity contribution in [3.8, 4) is 56.4 Å². The van der Waals surface area contributed by atoms with Crippen molar-refractivity contribution in [1.29, 1.82) is 0 Å².